The number of aromatic nitrogens is 1. The fourth-order valence-electron chi connectivity index (χ4n) is 1.99. The minimum absolute atomic E-state index is 0.0393. The maximum Gasteiger partial charge on any atom is 0.254 e. The minimum atomic E-state index is -0.100. The normalized spacial score (nSPS) is 10.4. The largest absolute Gasteiger partial charge is 0.335 e. The van der Waals surface area contributed by atoms with Gasteiger partial charge in [0.2, 0.25) is 0 Å². The Bertz CT molecular complexity index is 508. The van der Waals surface area contributed by atoms with Crippen LogP contribution in [0.5, 0.6) is 0 Å². The number of nitrogens with zero attached hydrogens (tertiary/aromatic N) is 3. The fourth-order valence-corrected chi connectivity index (χ4v) is 2.22. The van der Waals surface area contributed by atoms with Crippen molar-refractivity contribution in [1.29, 1.82) is 5.26 Å². The first kappa shape index (κ1) is 16.5. The molecule has 0 fully saturated rings. The molecule has 0 aliphatic carbocycles. The molecule has 0 atom stereocenters. The molecule has 0 aromatic carbocycles. The van der Waals surface area contributed by atoms with E-state index in [0.29, 0.717) is 23.7 Å². The fraction of sp³-hybridized carbons (Fsp3) is 0.533. The maximum atomic E-state index is 12.5. The van der Waals surface area contributed by atoms with Crippen molar-refractivity contribution in [2.45, 2.75) is 46.1 Å². The highest BCUT2D eigenvalue weighted by Crippen LogP contribution is 2.16. The molecule has 20 heavy (non-hydrogen) atoms. The number of nitriles is 1. The van der Waals surface area contributed by atoms with E-state index in [0.717, 1.165) is 18.5 Å². The van der Waals surface area contributed by atoms with Crippen molar-refractivity contribution in [2.24, 2.45) is 0 Å². The van der Waals surface area contributed by atoms with Crippen molar-refractivity contribution in [2.75, 3.05) is 6.54 Å². The number of hydrogen-bond donors (Lipinski definition) is 0. The van der Waals surface area contributed by atoms with Crippen molar-refractivity contribution in [3.63, 3.8) is 0 Å². The smallest absolute Gasteiger partial charge is 0.254 e. The first-order chi connectivity index (χ1) is 9.49. The molecule has 5 heteroatoms. The first-order valence-electron chi connectivity index (χ1n) is 6.84. The monoisotopic (exact) mass is 293 g/mol. The summed E-state index contributed by atoms with van der Waals surface area (Å²) < 4.78 is 0. The topological polar surface area (TPSA) is 57.0 Å². The summed E-state index contributed by atoms with van der Waals surface area (Å²) in [6.07, 6.45) is 2.06. The molecule has 0 saturated heterocycles. The number of halogens is 1. The first-order valence-corrected chi connectivity index (χ1v) is 7.21. The Hall–Kier alpha value is -1.60. The number of aryl methyl sites for hydroxylation is 1. The molecule has 1 amide bonds. The van der Waals surface area contributed by atoms with Crippen LogP contribution in [0.2, 0.25) is 5.15 Å². The Morgan fingerprint density at radius 2 is 2.20 bits per heavy atom. The summed E-state index contributed by atoms with van der Waals surface area (Å²) in [6.45, 7) is 6.35. The standard InChI is InChI=1S/C15H20ClN3O/c1-4-6-13-9-12(10-14(16)18-13)15(20)19(11(2)3)8-5-7-17/h9-11H,4-6,8H2,1-3H3. The van der Waals surface area contributed by atoms with E-state index in [2.05, 4.69) is 18.0 Å². The number of rotatable bonds is 6. The summed E-state index contributed by atoms with van der Waals surface area (Å²) in [6, 6.07) is 5.49. The van der Waals surface area contributed by atoms with Crippen molar-refractivity contribution in [1.82, 2.24) is 9.88 Å². The average molecular weight is 294 g/mol. The van der Waals surface area contributed by atoms with E-state index in [9.17, 15) is 4.79 Å². The zero-order valence-corrected chi connectivity index (χ0v) is 12.9. The molecule has 0 saturated carbocycles. The van der Waals surface area contributed by atoms with Crippen LogP contribution in [0.25, 0.3) is 0 Å². The van der Waals surface area contributed by atoms with Crippen molar-refractivity contribution in [3.05, 3.63) is 28.5 Å². The van der Waals surface area contributed by atoms with Gasteiger partial charge in [-0.15, -0.1) is 0 Å². The summed E-state index contributed by atoms with van der Waals surface area (Å²) in [5.41, 5.74) is 1.37. The van der Waals surface area contributed by atoms with E-state index in [-0.39, 0.29) is 11.9 Å². The van der Waals surface area contributed by atoms with Crippen LogP contribution in [0.1, 0.15) is 49.7 Å². The van der Waals surface area contributed by atoms with Crippen LogP contribution in [-0.4, -0.2) is 28.4 Å². The van der Waals surface area contributed by atoms with E-state index >= 15 is 0 Å². The molecule has 1 aromatic rings. The lowest BCUT2D eigenvalue weighted by Crippen LogP contribution is -2.37. The zero-order valence-electron chi connectivity index (χ0n) is 12.2. The Labute approximate surface area is 125 Å². The van der Waals surface area contributed by atoms with E-state index in [1.54, 1.807) is 17.0 Å². The van der Waals surface area contributed by atoms with Gasteiger partial charge in [-0.3, -0.25) is 4.79 Å². The molecule has 1 aromatic heterocycles. The van der Waals surface area contributed by atoms with Gasteiger partial charge in [0, 0.05) is 23.8 Å². The summed E-state index contributed by atoms with van der Waals surface area (Å²) in [4.78, 5) is 18.4. The summed E-state index contributed by atoms with van der Waals surface area (Å²) in [5.74, 6) is -0.100. The summed E-state index contributed by atoms with van der Waals surface area (Å²) in [7, 11) is 0. The zero-order chi connectivity index (χ0) is 15.1. The third-order valence-corrected chi connectivity index (χ3v) is 3.14. The van der Waals surface area contributed by atoms with Gasteiger partial charge >= 0.3 is 0 Å². The van der Waals surface area contributed by atoms with Crippen LogP contribution in [0.3, 0.4) is 0 Å². The predicted octanol–water partition coefficient (Wildman–Crippen LogP) is 3.45. The summed E-state index contributed by atoms with van der Waals surface area (Å²) in [5, 5.41) is 9.02. The van der Waals surface area contributed by atoms with Gasteiger partial charge in [0.05, 0.1) is 12.5 Å². The second-order valence-corrected chi connectivity index (χ2v) is 5.31. The predicted molar refractivity (Wildman–Crippen MR) is 79.6 cm³/mol. The molecule has 4 nitrogen and oxygen atoms in total. The van der Waals surface area contributed by atoms with Crippen LogP contribution in [0.15, 0.2) is 12.1 Å². The SMILES string of the molecule is CCCc1cc(C(=O)N(CCC#N)C(C)C)cc(Cl)n1. The quantitative estimate of drug-likeness (QED) is 0.755. The third-order valence-electron chi connectivity index (χ3n) is 2.95. The third kappa shape index (κ3) is 4.50. The van der Waals surface area contributed by atoms with E-state index in [1.807, 2.05) is 13.8 Å². The van der Waals surface area contributed by atoms with Gasteiger partial charge in [0.15, 0.2) is 0 Å². The highest BCUT2D eigenvalue weighted by atomic mass is 35.5. The number of carbonyl (C=O) groups excluding carboxylic acids is 1. The number of carbonyl (C=O) groups is 1. The van der Waals surface area contributed by atoms with E-state index in [4.69, 9.17) is 16.9 Å². The Kier molecular flexibility index (Phi) is 6.47. The lowest BCUT2D eigenvalue weighted by molar-refractivity contribution is 0.0710. The Morgan fingerprint density at radius 3 is 2.75 bits per heavy atom. The second kappa shape index (κ2) is 7.86. The van der Waals surface area contributed by atoms with Gasteiger partial charge in [0.25, 0.3) is 5.91 Å². The van der Waals surface area contributed by atoms with Gasteiger partial charge in [-0.25, -0.2) is 4.98 Å². The number of amides is 1. The lowest BCUT2D eigenvalue weighted by Gasteiger charge is -2.26. The highest BCUT2D eigenvalue weighted by Gasteiger charge is 2.19. The number of hydrogen-bond acceptors (Lipinski definition) is 3. The van der Waals surface area contributed by atoms with Crippen LogP contribution in [0.4, 0.5) is 0 Å². The van der Waals surface area contributed by atoms with Crippen LogP contribution < -0.4 is 0 Å². The van der Waals surface area contributed by atoms with Gasteiger partial charge in [-0.05, 0) is 32.4 Å². The minimum Gasteiger partial charge on any atom is -0.335 e. The number of pyridine rings is 1. The molecule has 0 unspecified atom stereocenters. The van der Waals surface area contributed by atoms with E-state index < -0.39 is 0 Å². The molecule has 108 valence electrons. The molecule has 0 aliphatic rings. The van der Waals surface area contributed by atoms with Gasteiger partial charge in [-0.1, -0.05) is 24.9 Å². The van der Waals surface area contributed by atoms with Gasteiger partial charge in [0.1, 0.15) is 5.15 Å². The van der Waals surface area contributed by atoms with Crippen molar-refractivity contribution < 1.29 is 4.79 Å². The van der Waals surface area contributed by atoms with Crippen molar-refractivity contribution >= 4 is 17.5 Å². The lowest BCUT2D eigenvalue weighted by atomic mass is 10.1. The van der Waals surface area contributed by atoms with Crippen LogP contribution in [0, 0.1) is 11.3 Å². The Balaban J connectivity index is 3.02. The molecule has 0 N–H and O–H groups in total. The van der Waals surface area contributed by atoms with Crippen molar-refractivity contribution in [3.8, 4) is 6.07 Å². The average Bonchev–Trinajstić information content (AvgIpc) is 2.38. The van der Waals surface area contributed by atoms with Gasteiger partial charge in [-0.2, -0.15) is 5.26 Å². The molecule has 0 radical (unpaired) electrons. The van der Waals surface area contributed by atoms with Gasteiger partial charge < -0.3 is 4.90 Å². The maximum absolute atomic E-state index is 12.5. The summed E-state index contributed by atoms with van der Waals surface area (Å²) >= 11 is 5.98. The second-order valence-electron chi connectivity index (χ2n) is 4.92. The molecule has 1 heterocycles. The molecule has 0 bridgehead atoms. The van der Waals surface area contributed by atoms with Crippen LogP contribution in [-0.2, 0) is 6.42 Å². The molecular weight excluding hydrogens is 274 g/mol. The molecule has 0 spiro atoms. The molecule has 1 rings (SSSR count). The van der Waals surface area contributed by atoms with Crippen LogP contribution >= 0.6 is 11.6 Å². The molecule has 0 aliphatic heterocycles. The Morgan fingerprint density at radius 1 is 1.50 bits per heavy atom. The van der Waals surface area contributed by atoms with E-state index in [1.165, 1.54) is 0 Å². The highest BCUT2D eigenvalue weighted by molar-refractivity contribution is 6.29. The molecular formula is C15H20ClN3O.